The third-order valence-electron chi connectivity index (χ3n) is 3.00. The van der Waals surface area contributed by atoms with E-state index in [2.05, 4.69) is 21.2 Å². The molecule has 0 spiro atoms. The summed E-state index contributed by atoms with van der Waals surface area (Å²) in [5.74, 6) is 0.238. The van der Waals surface area contributed by atoms with E-state index in [1.807, 2.05) is 6.92 Å². The molecule has 0 radical (unpaired) electrons. The molecule has 1 aliphatic heterocycles. The predicted octanol–water partition coefficient (Wildman–Crippen LogP) is 3.12. The van der Waals surface area contributed by atoms with Crippen molar-refractivity contribution in [2.75, 3.05) is 19.7 Å². The van der Waals surface area contributed by atoms with Crippen LogP contribution in [0.4, 0.5) is 4.39 Å². The van der Waals surface area contributed by atoms with E-state index < -0.39 is 0 Å². The summed E-state index contributed by atoms with van der Waals surface area (Å²) in [6.07, 6.45) is 2.58. The van der Waals surface area contributed by atoms with Gasteiger partial charge in [0.1, 0.15) is 17.7 Å². The molecule has 0 saturated carbocycles. The van der Waals surface area contributed by atoms with E-state index in [9.17, 15) is 4.39 Å². The number of rotatable bonds is 6. The van der Waals surface area contributed by atoms with Gasteiger partial charge in [0.05, 0.1) is 6.10 Å². The first-order valence-corrected chi connectivity index (χ1v) is 7.38. The van der Waals surface area contributed by atoms with Crippen LogP contribution >= 0.6 is 15.9 Å². The average molecular weight is 332 g/mol. The first-order valence-electron chi connectivity index (χ1n) is 6.58. The zero-order chi connectivity index (χ0) is 13.7. The van der Waals surface area contributed by atoms with Crippen molar-refractivity contribution in [3.63, 3.8) is 0 Å². The lowest BCUT2D eigenvalue weighted by atomic mass is 10.2. The molecule has 1 saturated heterocycles. The van der Waals surface area contributed by atoms with Crippen molar-refractivity contribution < 1.29 is 13.9 Å². The highest BCUT2D eigenvalue weighted by atomic mass is 79.9. The SMILES string of the molecule is CC(CNCC1CCCO1)Oc1cc(F)cc(Br)c1. The molecule has 2 rings (SSSR count). The molecule has 3 nitrogen and oxygen atoms in total. The summed E-state index contributed by atoms with van der Waals surface area (Å²) in [7, 11) is 0. The highest BCUT2D eigenvalue weighted by molar-refractivity contribution is 9.10. The number of benzene rings is 1. The third-order valence-corrected chi connectivity index (χ3v) is 3.46. The van der Waals surface area contributed by atoms with Gasteiger partial charge in [0.2, 0.25) is 0 Å². The molecule has 5 heteroatoms. The second-order valence-electron chi connectivity index (χ2n) is 4.83. The fourth-order valence-electron chi connectivity index (χ4n) is 2.12. The normalized spacial score (nSPS) is 20.5. The highest BCUT2D eigenvalue weighted by Gasteiger charge is 2.15. The highest BCUT2D eigenvalue weighted by Crippen LogP contribution is 2.21. The van der Waals surface area contributed by atoms with Crippen molar-refractivity contribution in [1.29, 1.82) is 0 Å². The maximum absolute atomic E-state index is 13.2. The Labute approximate surface area is 121 Å². The predicted molar refractivity (Wildman–Crippen MR) is 76.0 cm³/mol. The summed E-state index contributed by atoms with van der Waals surface area (Å²) in [6, 6.07) is 4.56. The first kappa shape index (κ1) is 14.8. The molecular formula is C14H19BrFNO2. The van der Waals surface area contributed by atoms with Crippen molar-refractivity contribution in [3.8, 4) is 5.75 Å². The summed E-state index contributed by atoms with van der Waals surface area (Å²) >= 11 is 3.25. The van der Waals surface area contributed by atoms with Crippen LogP contribution in [-0.4, -0.2) is 31.9 Å². The van der Waals surface area contributed by atoms with Crippen LogP contribution in [-0.2, 0) is 4.74 Å². The second-order valence-corrected chi connectivity index (χ2v) is 5.74. The topological polar surface area (TPSA) is 30.5 Å². The van der Waals surface area contributed by atoms with E-state index >= 15 is 0 Å². The monoisotopic (exact) mass is 331 g/mol. The van der Waals surface area contributed by atoms with Gasteiger partial charge in [-0.15, -0.1) is 0 Å². The fourth-order valence-corrected chi connectivity index (χ4v) is 2.57. The molecule has 1 aliphatic rings. The van der Waals surface area contributed by atoms with Crippen LogP contribution in [0.15, 0.2) is 22.7 Å². The largest absolute Gasteiger partial charge is 0.489 e. The Hall–Kier alpha value is -0.650. The molecule has 2 atom stereocenters. The number of hydrogen-bond donors (Lipinski definition) is 1. The second kappa shape index (κ2) is 7.22. The Bertz CT molecular complexity index is 390. The minimum atomic E-state index is -0.302. The van der Waals surface area contributed by atoms with Gasteiger partial charge in [-0.3, -0.25) is 0 Å². The molecular weight excluding hydrogens is 313 g/mol. The molecule has 0 aliphatic carbocycles. The standard InChI is InChI=1S/C14H19BrFNO2/c1-10(8-17-9-13-3-2-4-18-13)19-14-6-11(15)5-12(16)7-14/h5-7,10,13,17H,2-4,8-9H2,1H3. The number of hydrogen-bond acceptors (Lipinski definition) is 3. The Kier molecular flexibility index (Phi) is 5.60. The van der Waals surface area contributed by atoms with Crippen LogP contribution in [0.5, 0.6) is 5.75 Å². The quantitative estimate of drug-likeness (QED) is 0.868. The van der Waals surface area contributed by atoms with E-state index in [0.29, 0.717) is 22.9 Å². The number of nitrogens with one attached hydrogen (secondary N) is 1. The smallest absolute Gasteiger partial charge is 0.128 e. The molecule has 1 fully saturated rings. The zero-order valence-electron chi connectivity index (χ0n) is 11.0. The maximum atomic E-state index is 13.2. The molecule has 0 amide bonds. The van der Waals surface area contributed by atoms with Gasteiger partial charge < -0.3 is 14.8 Å². The van der Waals surface area contributed by atoms with E-state index in [1.54, 1.807) is 6.07 Å². The van der Waals surface area contributed by atoms with Crippen molar-refractivity contribution in [3.05, 3.63) is 28.5 Å². The molecule has 1 aromatic carbocycles. The van der Waals surface area contributed by atoms with E-state index in [-0.39, 0.29) is 11.9 Å². The van der Waals surface area contributed by atoms with Crippen LogP contribution in [0.25, 0.3) is 0 Å². The van der Waals surface area contributed by atoms with E-state index in [1.165, 1.54) is 12.1 Å². The van der Waals surface area contributed by atoms with E-state index in [4.69, 9.17) is 9.47 Å². The van der Waals surface area contributed by atoms with Crippen molar-refractivity contribution in [1.82, 2.24) is 5.32 Å². The Morgan fingerprint density at radius 1 is 1.53 bits per heavy atom. The summed E-state index contributed by atoms with van der Waals surface area (Å²) in [5, 5.41) is 3.32. The lowest BCUT2D eigenvalue weighted by Gasteiger charge is -2.17. The van der Waals surface area contributed by atoms with Crippen LogP contribution in [0, 0.1) is 5.82 Å². The fraction of sp³-hybridized carbons (Fsp3) is 0.571. The lowest BCUT2D eigenvalue weighted by Crippen LogP contribution is -2.34. The zero-order valence-corrected chi connectivity index (χ0v) is 12.6. The minimum Gasteiger partial charge on any atom is -0.489 e. The minimum absolute atomic E-state index is 0.0184. The van der Waals surface area contributed by atoms with Gasteiger partial charge in [0, 0.05) is 30.2 Å². The lowest BCUT2D eigenvalue weighted by molar-refractivity contribution is 0.106. The molecule has 1 heterocycles. The Balaban J connectivity index is 1.72. The van der Waals surface area contributed by atoms with Gasteiger partial charge in [-0.25, -0.2) is 4.39 Å². The van der Waals surface area contributed by atoms with Gasteiger partial charge in [-0.05, 0) is 31.9 Å². The summed E-state index contributed by atoms with van der Waals surface area (Å²) in [6.45, 7) is 4.39. The van der Waals surface area contributed by atoms with Gasteiger partial charge in [-0.1, -0.05) is 15.9 Å². The molecule has 106 valence electrons. The molecule has 0 bridgehead atoms. The summed E-state index contributed by atoms with van der Waals surface area (Å²) in [5.41, 5.74) is 0. The molecule has 19 heavy (non-hydrogen) atoms. The van der Waals surface area contributed by atoms with Crippen LogP contribution in [0.1, 0.15) is 19.8 Å². The number of ether oxygens (including phenoxy) is 2. The van der Waals surface area contributed by atoms with Gasteiger partial charge >= 0.3 is 0 Å². The average Bonchev–Trinajstić information content (AvgIpc) is 2.80. The Morgan fingerprint density at radius 3 is 3.05 bits per heavy atom. The van der Waals surface area contributed by atoms with E-state index in [0.717, 1.165) is 26.0 Å². The third kappa shape index (κ3) is 5.09. The molecule has 1 N–H and O–H groups in total. The van der Waals surface area contributed by atoms with Crippen LogP contribution in [0.3, 0.4) is 0 Å². The van der Waals surface area contributed by atoms with Crippen LogP contribution in [0.2, 0.25) is 0 Å². The summed E-state index contributed by atoms with van der Waals surface area (Å²) in [4.78, 5) is 0. The van der Waals surface area contributed by atoms with Gasteiger partial charge in [-0.2, -0.15) is 0 Å². The molecule has 2 unspecified atom stereocenters. The molecule has 0 aromatic heterocycles. The van der Waals surface area contributed by atoms with Crippen molar-refractivity contribution >= 4 is 15.9 Å². The van der Waals surface area contributed by atoms with Crippen molar-refractivity contribution in [2.24, 2.45) is 0 Å². The summed E-state index contributed by atoms with van der Waals surface area (Å²) < 4.78 is 25.1. The van der Waals surface area contributed by atoms with Gasteiger partial charge in [0.25, 0.3) is 0 Å². The molecule has 1 aromatic rings. The van der Waals surface area contributed by atoms with Gasteiger partial charge in [0.15, 0.2) is 0 Å². The maximum Gasteiger partial charge on any atom is 0.128 e. The Morgan fingerprint density at radius 2 is 2.37 bits per heavy atom. The van der Waals surface area contributed by atoms with Crippen molar-refractivity contribution in [2.45, 2.75) is 32.0 Å². The van der Waals surface area contributed by atoms with Crippen LogP contribution < -0.4 is 10.1 Å². The number of halogens is 2. The first-order chi connectivity index (χ1) is 9.13.